The summed E-state index contributed by atoms with van der Waals surface area (Å²) in [7, 11) is 0. The van der Waals surface area contributed by atoms with Crippen LogP contribution in [0.5, 0.6) is 0 Å². The summed E-state index contributed by atoms with van der Waals surface area (Å²) in [5, 5.41) is 15.9. The first kappa shape index (κ1) is 27.9. The van der Waals surface area contributed by atoms with E-state index in [9.17, 15) is 14.7 Å². The van der Waals surface area contributed by atoms with Crippen molar-refractivity contribution in [2.45, 2.75) is 66.6 Å². The molecule has 0 aliphatic heterocycles. The number of urea groups is 1. The van der Waals surface area contributed by atoms with E-state index >= 15 is 0 Å². The van der Waals surface area contributed by atoms with Crippen LogP contribution in [0.2, 0.25) is 0 Å². The lowest BCUT2D eigenvalue weighted by molar-refractivity contribution is -0.160. The zero-order valence-corrected chi connectivity index (χ0v) is 22.7. The number of aliphatic carboxylic acids is 1. The number of nitrogens with zero attached hydrogens (tertiary/aromatic N) is 1. The fraction of sp³-hybridized carbons (Fsp3) is 0.367. The van der Waals surface area contributed by atoms with Crippen molar-refractivity contribution in [2.24, 2.45) is 0 Å². The number of pyridine rings is 1. The monoisotopic (exact) mass is 503 g/mol. The Morgan fingerprint density at radius 1 is 1.00 bits per heavy atom. The maximum Gasteiger partial charge on any atom is 0.337 e. The first-order valence-corrected chi connectivity index (χ1v) is 12.5. The highest BCUT2D eigenvalue weighted by atomic mass is 16.5. The third-order valence-corrected chi connectivity index (χ3v) is 6.20. The number of amides is 2. The van der Waals surface area contributed by atoms with Crippen molar-refractivity contribution >= 4 is 17.8 Å². The van der Waals surface area contributed by atoms with E-state index in [4.69, 9.17) is 4.74 Å². The normalized spacial score (nSPS) is 12.2. The number of aryl methyl sites for hydroxylation is 3. The Kier molecular flexibility index (Phi) is 8.71. The highest BCUT2D eigenvalue weighted by molar-refractivity contribution is 5.91. The van der Waals surface area contributed by atoms with Gasteiger partial charge in [-0.1, -0.05) is 48.5 Å². The molecule has 3 rings (SSSR count). The maximum atomic E-state index is 12.7. The zero-order valence-electron chi connectivity index (χ0n) is 22.7. The molecular weight excluding hydrogens is 466 g/mol. The number of carboxylic acid groups (broad SMARTS) is 1. The van der Waals surface area contributed by atoms with E-state index < -0.39 is 23.7 Å². The molecule has 7 heteroatoms. The van der Waals surface area contributed by atoms with E-state index in [1.54, 1.807) is 6.92 Å². The van der Waals surface area contributed by atoms with E-state index in [0.717, 1.165) is 22.3 Å². The number of carboxylic acids is 1. The number of carbonyl (C=O) groups excluding carboxylic acids is 1. The minimum atomic E-state index is -1.25. The lowest BCUT2D eigenvalue weighted by Crippen LogP contribution is -2.32. The average molecular weight is 504 g/mol. The Morgan fingerprint density at radius 2 is 1.68 bits per heavy atom. The van der Waals surface area contributed by atoms with Crippen molar-refractivity contribution in [1.82, 2.24) is 10.3 Å². The van der Waals surface area contributed by atoms with Gasteiger partial charge in [-0.2, -0.15) is 0 Å². The molecule has 0 saturated carbocycles. The van der Waals surface area contributed by atoms with E-state index in [1.807, 2.05) is 90.1 Å². The van der Waals surface area contributed by atoms with Gasteiger partial charge in [0.15, 0.2) is 6.10 Å². The summed E-state index contributed by atoms with van der Waals surface area (Å²) < 4.78 is 6.06. The van der Waals surface area contributed by atoms with Crippen molar-refractivity contribution < 1.29 is 19.4 Å². The molecular formula is C30H37N3O4. The van der Waals surface area contributed by atoms with E-state index in [-0.39, 0.29) is 0 Å². The van der Waals surface area contributed by atoms with Gasteiger partial charge in [0.25, 0.3) is 0 Å². The first-order valence-electron chi connectivity index (χ1n) is 12.5. The van der Waals surface area contributed by atoms with Crippen LogP contribution in [0.25, 0.3) is 11.1 Å². The fourth-order valence-corrected chi connectivity index (χ4v) is 4.23. The molecule has 1 unspecified atom stereocenters. The molecule has 2 amide bonds. The van der Waals surface area contributed by atoms with E-state index in [2.05, 4.69) is 15.6 Å². The summed E-state index contributed by atoms with van der Waals surface area (Å²) in [6, 6.07) is 15.5. The van der Waals surface area contributed by atoms with Gasteiger partial charge in [0, 0.05) is 23.4 Å². The van der Waals surface area contributed by atoms with Crippen LogP contribution in [-0.2, 0) is 16.0 Å². The van der Waals surface area contributed by atoms with Crippen LogP contribution >= 0.6 is 0 Å². The van der Waals surface area contributed by atoms with Crippen LogP contribution in [0.15, 0.2) is 48.5 Å². The van der Waals surface area contributed by atoms with E-state index in [1.165, 1.54) is 0 Å². The summed E-state index contributed by atoms with van der Waals surface area (Å²) in [6.07, 6.45) is -0.558. The van der Waals surface area contributed by atoms with Gasteiger partial charge in [-0.25, -0.2) is 14.6 Å². The Hall–Kier alpha value is -3.71. The van der Waals surface area contributed by atoms with Gasteiger partial charge in [0.05, 0.1) is 5.60 Å². The summed E-state index contributed by atoms with van der Waals surface area (Å²) >= 11 is 0. The number of ether oxygens (including phenoxy) is 1. The van der Waals surface area contributed by atoms with Gasteiger partial charge in [-0.3, -0.25) is 5.32 Å². The predicted octanol–water partition coefficient (Wildman–Crippen LogP) is 6.29. The Morgan fingerprint density at radius 3 is 2.27 bits per heavy atom. The van der Waals surface area contributed by atoms with E-state index in [0.29, 0.717) is 41.2 Å². The molecule has 7 nitrogen and oxygen atoms in total. The number of anilines is 1. The number of nitrogens with one attached hydrogen (secondary N) is 2. The summed E-state index contributed by atoms with van der Waals surface area (Å²) in [5.41, 5.74) is 5.83. The fourth-order valence-electron chi connectivity index (χ4n) is 4.23. The van der Waals surface area contributed by atoms with Gasteiger partial charge in [-0.05, 0) is 82.7 Å². The molecule has 3 N–H and O–H groups in total. The molecule has 0 aliphatic rings. The van der Waals surface area contributed by atoms with Gasteiger partial charge in [-0.15, -0.1) is 0 Å². The summed E-state index contributed by atoms with van der Waals surface area (Å²) in [5.74, 6) is -0.798. The number of aromatic nitrogens is 1. The third kappa shape index (κ3) is 7.17. The van der Waals surface area contributed by atoms with Crippen LogP contribution in [-0.4, -0.2) is 34.2 Å². The molecule has 0 fully saturated rings. The van der Waals surface area contributed by atoms with Crippen LogP contribution in [0, 0.1) is 27.7 Å². The van der Waals surface area contributed by atoms with Crippen molar-refractivity contribution in [3.05, 3.63) is 82.0 Å². The molecule has 3 aromatic rings. The van der Waals surface area contributed by atoms with Crippen molar-refractivity contribution in [2.75, 3.05) is 11.9 Å². The lowest BCUT2D eigenvalue weighted by atomic mass is 9.89. The van der Waals surface area contributed by atoms with Crippen LogP contribution < -0.4 is 10.6 Å². The number of hydrogen-bond donors (Lipinski definition) is 3. The smallest absolute Gasteiger partial charge is 0.337 e. The number of carbonyl (C=O) groups is 2. The molecule has 37 heavy (non-hydrogen) atoms. The summed E-state index contributed by atoms with van der Waals surface area (Å²) in [4.78, 5) is 29.9. The van der Waals surface area contributed by atoms with Gasteiger partial charge >= 0.3 is 12.0 Å². The van der Waals surface area contributed by atoms with Crippen LogP contribution in [0.4, 0.5) is 10.6 Å². The molecule has 0 bridgehead atoms. The average Bonchev–Trinajstić information content (AvgIpc) is 2.81. The Labute approximate surface area is 219 Å². The maximum absolute atomic E-state index is 12.7. The second-order valence-electron chi connectivity index (χ2n) is 10.3. The number of benzene rings is 2. The summed E-state index contributed by atoms with van der Waals surface area (Å²) in [6.45, 7) is 13.6. The Bertz CT molecular complexity index is 1280. The SMILES string of the molecule is Cc1ccc(-c2c(C)nc(NC(=O)NCCc3ccccc3)c(C)c2C(OC(C)(C)C)C(=O)O)cc1C. The molecule has 0 saturated heterocycles. The molecule has 1 aromatic heterocycles. The van der Waals surface area contributed by atoms with Crippen molar-refractivity contribution in [3.8, 4) is 11.1 Å². The second kappa shape index (κ2) is 11.6. The van der Waals surface area contributed by atoms with Gasteiger partial charge < -0.3 is 15.2 Å². The van der Waals surface area contributed by atoms with Gasteiger partial charge in [0.1, 0.15) is 5.82 Å². The molecule has 1 heterocycles. The first-order chi connectivity index (χ1) is 17.4. The largest absolute Gasteiger partial charge is 0.479 e. The minimum Gasteiger partial charge on any atom is -0.479 e. The predicted molar refractivity (Wildman–Crippen MR) is 147 cm³/mol. The molecule has 0 aliphatic carbocycles. The van der Waals surface area contributed by atoms with Crippen LogP contribution in [0.1, 0.15) is 60.4 Å². The molecule has 1 atom stereocenters. The highest BCUT2D eigenvalue weighted by Gasteiger charge is 2.33. The van der Waals surface area contributed by atoms with Crippen molar-refractivity contribution in [1.29, 1.82) is 0 Å². The molecule has 2 aromatic carbocycles. The van der Waals surface area contributed by atoms with Gasteiger partial charge in [0.2, 0.25) is 0 Å². The molecule has 0 radical (unpaired) electrons. The molecule has 0 spiro atoms. The topological polar surface area (TPSA) is 101 Å². The third-order valence-electron chi connectivity index (χ3n) is 6.20. The second-order valence-corrected chi connectivity index (χ2v) is 10.3. The number of rotatable bonds is 8. The standard InChI is InChI=1S/C30H37N3O4/c1-18-13-14-23(17-19(18)2)25-21(4)32-27(20(3)24(25)26(28(34)35)37-30(5,6)7)33-29(36)31-16-15-22-11-9-8-10-12-22/h8-14,17,26H,15-16H2,1-7H3,(H,34,35)(H2,31,32,33,36). The zero-order chi connectivity index (χ0) is 27.3. The quantitative estimate of drug-likeness (QED) is 0.335. The highest BCUT2D eigenvalue weighted by Crippen LogP contribution is 2.39. The number of hydrogen-bond acceptors (Lipinski definition) is 4. The Balaban J connectivity index is 2.01. The lowest BCUT2D eigenvalue weighted by Gasteiger charge is -2.29. The van der Waals surface area contributed by atoms with Crippen molar-refractivity contribution in [3.63, 3.8) is 0 Å². The molecule has 196 valence electrons. The minimum absolute atomic E-state index is 0.307. The van der Waals surface area contributed by atoms with Crippen LogP contribution in [0.3, 0.4) is 0 Å².